The summed E-state index contributed by atoms with van der Waals surface area (Å²) in [4.78, 5) is 26.0. The lowest BCUT2D eigenvalue weighted by Gasteiger charge is -2.36. The first-order valence-corrected chi connectivity index (χ1v) is 9.51. The first-order chi connectivity index (χ1) is 13.3. The summed E-state index contributed by atoms with van der Waals surface area (Å²) >= 11 is 0. The number of carboxylic acids is 1. The highest BCUT2D eigenvalue weighted by Gasteiger charge is 2.34. The number of amides is 1. The van der Waals surface area contributed by atoms with Crippen LogP contribution < -0.4 is 4.74 Å². The van der Waals surface area contributed by atoms with Gasteiger partial charge in [0.15, 0.2) is 5.69 Å². The van der Waals surface area contributed by atoms with Crippen LogP contribution in [0.5, 0.6) is 5.75 Å². The van der Waals surface area contributed by atoms with Crippen molar-refractivity contribution in [3.63, 3.8) is 0 Å². The fourth-order valence-corrected chi connectivity index (χ4v) is 3.44. The van der Waals surface area contributed by atoms with E-state index in [4.69, 9.17) is 4.74 Å². The smallest absolute Gasteiger partial charge is 0.308 e. The summed E-state index contributed by atoms with van der Waals surface area (Å²) in [6, 6.07) is 7.39. The van der Waals surface area contributed by atoms with Crippen LogP contribution in [-0.2, 0) is 4.79 Å². The molecule has 1 saturated heterocycles. The van der Waals surface area contributed by atoms with Crippen molar-refractivity contribution in [2.24, 2.45) is 5.92 Å². The topological polar surface area (TPSA) is 97.5 Å². The molecular formula is C20H26N4O4. The molecule has 1 aromatic carbocycles. The first kappa shape index (κ1) is 19.9. The van der Waals surface area contributed by atoms with E-state index in [2.05, 4.69) is 10.3 Å². The van der Waals surface area contributed by atoms with Crippen molar-refractivity contribution < 1.29 is 19.4 Å². The molecular weight excluding hydrogens is 360 g/mol. The molecule has 0 spiro atoms. The molecule has 1 N–H and O–H groups in total. The maximum Gasteiger partial charge on any atom is 0.308 e. The number of piperidine rings is 1. The van der Waals surface area contributed by atoms with E-state index in [0.29, 0.717) is 18.5 Å². The number of likely N-dealkylation sites (tertiary alicyclic amines) is 1. The van der Waals surface area contributed by atoms with Crippen molar-refractivity contribution in [2.75, 3.05) is 6.54 Å². The average molecular weight is 386 g/mol. The van der Waals surface area contributed by atoms with Crippen LogP contribution in [0.1, 0.15) is 49.8 Å². The molecule has 1 amide bonds. The third-order valence-electron chi connectivity index (χ3n) is 5.04. The Balaban J connectivity index is 1.82. The number of nitrogens with zero attached hydrogens (tertiary/aromatic N) is 4. The first-order valence-electron chi connectivity index (χ1n) is 9.51. The molecule has 8 nitrogen and oxygen atoms in total. The standard InChI is InChI=1S/C20H26N4O4/c1-12(2)28-17-9-7-16(8-10-17)24-14(4)18(21-22-24)19(25)23-11-15(20(26)27)6-5-13(23)3/h7-10,12-13,15H,5-6,11H2,1-4H3,(H,26,27). The van der Waals surface area contributed by atoms with E-state index < -0.39 is 11.9 Å². The summed E-state index contributed by atoms with van der Waals surface area (Å²) in [6.07, 6.45) is 1.33. The van der Waals surface area contributed by atoms with Gasteiger partial charge in [0.2, 0.25) is 0 Å². The largest absolute Gasteiger partial charge is 0.491 e. The second kappa shape index (κ2) is 8.00. The van der Waals surface area contributed by atoms with Crippen LogP contribution in [0.2, 0.25) is 0 Å². The van der Waals surface area contributed by atoms with Crippen molar-refractivity contribution in [3.8, 4) is 11.4 Å². The Bertz CT molecular complexity index is 860. The molecule has 1 aliphatic heterocycles. The van der Waals surface area contributed by atoms with Gasteiger partial charge in [0.25, 0.3) is 5.91 Å². The molecule has 0 saturated carbocycles. The van der Waals surface area contributed by atoms with E-state index in [1.165, 1.54) is 0 Å². The number of hydrogen-bond donors (Lipinski definition) is 1. The second-order valence-electron chi connectivity index (χ2n) is 7.51. The lowest BCUT2D eigenvalue weighted by atomic mass is 9.93. The van der Waals surface area contributed by atoms with E-state index in [9.17, 15) is 14.7 Å². The van der Waals surface area contributed by atoms with E-state index in [0.717, 1.165) is 11.4 Å². The monoisotopic (exact) mass is 386 g/mol. The molecule has 0 radical (unpaired) electrons. The number of aromatic nitrogens is 3. The Kier molecular flexibility index (Phi) is 5.67. The van der Waals surface area contributed by atoms with Crippen LogP contribution in [0.3, 0.4) is 0 Å². The third-order valence-corrected chi connectivity index (χ3v) is 5.04. The fourth-order valence-electron chi connectivity index (χ4n) is 3.44. The van der Waals surface area contributed by atoms with E-state index in [-0.39, 0.29) is 30.3 Å². The molecule has 2 heterocycles. The van der Waals surface area contributed by atoms with Crippen molar-refractivity contribution in [1.82, 2.24) is 19.9 Å². The molecule has 1 aromatic heterocycles. The number of hydrogen-bond acceptors (Lipinski definition) is 5. The zero-order valence-corrected chi connectivity index (χ0v) is 16.6. The van der Waals surface area contributed by atoms with Gasteiger partial charge in [0.05, 0.1) is 23.4 Å². The zero-order chi connectivity index (χ0) is 20.4. The summed E-state index contributed by atoms with van der Waals surface area (Å²) in [7, 11) is 0. The number of aliphatic carboxylic acids is 1. The molecule has 2 unspecified atom stereocenters. The molecule has 0 bridgehead atoms. The van der Waals surface area contributed by atoms with Crippen LogP contribution in [0.4, 0.5) is 0 Å². The molecule has 8 heteroatoms. The molecule has 2 atom stereocenters. The van der Waals surface area contributed by atoms with Crippen LogP contribution in [0.25, 0.3) is 5.69 Å². The number of rotatable bonds is 5. The molecule has 1 fully saturated rings. The van der Waals surface area contributed by atoms with Crippen LogP contribution in [0, 0.1) is 12.8 Å². The van der Waals surface area contributed by atoms with Crippen LogP contribution in [0.15, 0.2) is 24.3 Å². The van der Waals surface area contributed by atoms with Gasteiger partial charge in [-0.3, -0.25) is 9.59 Å². The number of benzene rings is 1. The maximum absolute atomic E-state index is 13.0. The Hall–Kier alpha value is -2.90. The summed E-state index contributed by atoms with van der Waals surface area (Å²) < 4.78 is 7.25. The third kappa shape index (κ3) is 4.00. The molecule has 2 aromatic rings. The summed E-state index contributed by atoms with van der Waals surface area (Å²) in [5, 5.41) is 17.5. The Morgan fingerprint density at radius 3 is 2.50 bits per heavy atom. The number of ether oxygens (including phenoxy) is 1. The Labute approximate surface area is 164 Å². The van der Waals surface area contributed by atoms with E-state index >= 15 is 0 Å². The quantitative estimate of drug-likeness (QED) is 0.848. The van der Waals surface area contributed by atoms with Gasteiger partial charge in [0, 0.05) is 12.6 Å². The van der Waals surface area contributed by atoms with Gasteiger partial charge >= 0.3 is 5.97 Å². The predicted octanol–water partition coefficient (Wildman–Crippen LogP) is 2.69. The molecule has 150 valence electrons. The molecule has 28 heavy (non-hydrogen) atoms. The van der Waals surface area contributed by atoms with Gasteiger partial charge in [-0.2, -0.15) is 0 Å². The van der Waals surface area contributed by atoms with Crippen molar-refractivity contribution in [1.29, 1.82) is 0 Å². The predicted molar refractivity (Wildman–Crippen MR) is 103 cm³/mol. The summed E-state index contributed by atoms with van der Waals surface area (Å²) in [6.45, 7) is 7.84. The highest BCUT2D eigenvalue weighted by Crippen LogP contribution is 2.25. The van der Waals surface area contributed by atoms with Gasteiger partial charge < -0.3 is 14.7 Å². The minimum absolute atomic E-state index is 0.0277. The SMILES string of the molecule is Cc1c(C(=O)N2CC(C(=O)O)CCC2C)nnn1-c1ccc(OC(C)C)cc1. The van der Waals surface area contributed by atoms with Crippen molar-refractivity contribution in [2.45, 2.75) is 52.7 Å². The molecule has 1 aliphatic rings. The lowest BCUT2D eigenvalue weighted by Crippen LogP contribution is -2.47. The molecule has 0 aliphatic carbocycles. The highest BCUT2D eigenvalue weighted by atomic mass is 16.5. The molecule has 3 rings (SSSR count). The minimum Gasteiger partial charge on any atom is -0.491 e. The van der Waals surface area contributed by atoms with E-state index in [1.807, 2.05) is 45.0 Å². The Morgan fingerprint density at radius 1 is 1.21 bits per heavy atom. The Morgan fingerprint density at radius 2 is 1.89 bits per heavy atom. The fraction of sp³-hybridized carbons (Fsp3) is 0.500. The van der Waals surface area contributed by atoms with Crippen molar-refractivity contribution in [3.05, 3.63) is 35.7 Å². The van der Waals surface area contributed by atoms with Gasteiger partial charge in [-0.1, -0.05) is 5.21 Å². The van der Waals surface area contributed by atoms with Gasteiger partial charge in [-0.05, 0) is 64.8 Å². The van der Waals surface area contributed by atoms with Crippen LogP contribution >= 0.6 is 0 Å². The average Bonchev–Trinajstić information content (AvgIpc) is 3.03. The summed E-state index contributed by atoms with van der Waals surface area (Å²) in [5.74, 6) is -0.922. The lowest BCUT2D eigenvalue weighted by molar-refractivity contribution is -0.143. The second-order valence-corrected chi connectivity index (χ2v) is 7.51. The number of carboxylic acid groups (broad SMARTS) is 1. The van der Waals surface area contributed by atoms with Gasteiger partial charge in [-0.15, -0.1) is 5.10 Å². The van der Waals surface area contributed by atoms with Gasteiger partial charge in [-0.25, -0.2) is 4.68 Å². The minimum atomic E-state index is -0.867. The van der Waals surface area contributed by atoms with Gasteiger partial charge in [0.1, 0.15) is 5.75 Å². The number of carbonyl (C=O) groups is 2. The van der Waals surface area contributed by atoms with Crippen LogP contribution in [-0.4, -0.2) is 55.6 Å². The van der Waals surface area contributed by atoms with E-state index in [1.54, 1.807) is 16.5 Å². The maximum atomic E-state index is 13.0. The van der Waals surface area contributed by atoms with Crippen molar-refractivity contribution >= 4 is 11.9 Å². The number of carbonyl (C=O) groups excluding carboxylic acids is 1. The normalized spacial score (nSPS) is 19.7. The summed E-state index contributed by atoms with van der Waals surface area (Å²) in [5.41, 5.74) is 1.64. The zero-order valence-electron chi connectivity index (χ0n) is 16.6. The highest BCUT2D eigenvalue weighted by molar-refractivity contribution is 5.94.